The molecule has 0 bridgehead atoms. The Kier molecular flexibility index (Phi) is 5.27. The van der Waals surface area contributed by atoms with Crippen LogP contribution in [0.3, 0.4) is 0 Å². The van der Waals surface area contributed by atoms with Crippen LogP contribution in [0.15, 0.2) is 36.5 Å². The number of aliphatic hydroxyl groups is 1. The lowest BCUT2D eigenvalue weighted by atomic mass is 9.73. The molecular formula is C20H21F3N4O3. The number of carbonyl (C=O) groups excluding carboxylic acids is 1. The zero-order valence-corrected chi connectivity index (χ0v) is 16.0. The highest BCUT2D eigenvalue weighted by atomic mass is 19.4. The molecule has 3 heterocycles. The minimum Gasteiger partial charge on any atom is -0.493 e. The molecule has 1 aromatic carbocycles. The van der Waals surface area contributed by atoms with E-state index in [0.29, 0.717) is 43.7 Å². The molecule has 2 amide bonds. The van der Waals surface area contributed by atoms with Crippen LogP contribution in [0.1, 0.15) is 36.3 Å². The minimum atomic E-state index is -4.45. The molecule has 0 saturated carbocycles. The molecule has 2 aromatic rings. The van der Waals surface area contributed by atoms with E-state index in [2.05, 4.69) is 15.5 Å². The molecule has 1 saturated heterocycles. The van der Waals surface area contributed by atoms with Crippen molar-refractivity contribution < 1.29 is 27.8 Å². The van der Waals surface area contributed by atoms with Crippen LogP contribution in [0.2, 0.25) is 0 Å². The van der Waals surface area contributed by atoms with Crippen LogP contribution in [0.4, 0.5) is 23.8 Å². The van der Waals surface area contributed by atoms with Crippen LogP contribution >= 0.6 is 0 Å². The molecular weight excluding hydrogens is 401 g/mol. The molecule has 7 nitrogen and oxygen atoms in total. The van der Waals surface area contributed by atoms with Gasteiger partial charge in [-0.05, 0) is 43.5 Å². The maximum Gasteiger partial charge on any atom is 0.416 e. The summed E-state index contributed by atoms with van der Waals surface area (Å²) in [5.41, 5.74) is -1.32. The summed E-state index contributed by atoms with van der Waals surface area (Å²) in [6.07, 6.45) is -1.83. The second kappa shape index (κ2) is 7.75. The highest BCUT2D eigenvalue weighted by Gasteiger charge is 2.44. The van der Waals surface area contributed by atoms with Gasteiger partial charge in [-0.15, -0.1) is 5.10 Å². The van der Waals surface area contributed by atoms with Gasteiger partial charge >= 0.3 is 12.2 Å². The normalized spacial score (nSPS) is 20.8. The number of urea groups is 1. The molecule has 2 N–H and O–H groups in total. The fraction of sp³-hybridized carbons (Fsp3) is 0.450. The third-order valence-electron chi connectivity index (χ3n) is 5.75. The fourth-order valence-corrected chi connectivity index (χ4v) is 4.13. The van der Waals surface area contributed by atoms with E-state index in [1.807, 2.05) is 0 Å². The zero-order valence-electron chi connectivity index (χ0n) is 16.0. The average molecular weight is 422 g/mol. The first-order chi connectivity index (χ1) is 14.3. The van der Waals surface area contributed by atoms with Gasteiger partial charge in [-0.3, -0.25) is 5.32 Å². The minimum absolute atomic E-state index is 0.164. The van der Waals surface area contributed by atoms with Crippen molar-refractivity contribution in [2.24, 2.45) is 0 Å². The van der Waals surface area contributed by atoms with Crippen molar-refractivity contribution in [3.8, 4) is 5.75 Å². The Morgan fingerprint density at radius 1 is 1.27 bits per heavy atom. The van der Waals surface area contributed by atoms with Crippen molar-refractivity contribution in [3.05, 3.63) is 47.7 Å². The number of likely N-dealkylation sites (tertiary alicyclic amines) is 1. The number of alkyl halides is 3. The number of aromatic nitrogens is 2. The fourth-order valence-electron chi connectivity index (χ4n) is 4.13. The van der Waals surface area contributed by atoms with Crippen LogP contribution in [0.25, 0.3) is 0 Å². The Bertz CT molecular complexity index is 915. The van der Waals surface area contributed by atoms with Gasteiger partial charge in [0.2, 0.25) is 0 Å². The van der Waals surface area contributed by atoms with Gasteiger partial charge in [-0.25, -0.2) is 4.79 Å². The lowest BCUT2D eigenvalue weighted by Crippen LogP contribution is -2.51. The number of rotatable bonds is 2. The first-order valence-electron chi connectivity index (χ1n) is 9.66. The van der Waals surface area contributed by atoms with Crippen molar-refractivity contribution in [2.45, 2.75) is 37.0 Å². The molecule has 0 aliphatic carbocycles. The Hall–Kier alpha value is -2.88. The lowest BCUT2D eigenvalue weighted by Gasteiger charge is -2.44. The SMILES string of the molecule is O=C(Nc1cccnn1)N1CCC(O)(C2CCOc3cc(C(F)(F)F)ccc32)CC1. The molecule has 0 radical (unpaired) electrons. The summed E-state index contributed by atoms with van der Waals surface area (Å²) < 4.78 is 44.5. The number of nitrogens with zero attached hydrogens (tertiary/aromatic N) is 3. The Morgan fingerprint density at radius 3 is 2.70 bits per heavy atom. The van der Waals surface area contributed by atoms with Crippen molar-refractivity contribution >= 4 is 11.8 Å². The number of ether oxygens (including phenoxy) is 1. The second-order valence-corrected chi connectivity index (χ2v) is 7.57. The quantitative estimate of drug-likeness (QED) is 0.775. The van der Waals surface area contributed by atoms with Crippen molar-refractivity contribution in [3.63, 3.8) is 0 Å². The van der Waals surface area contributed by atoms with Gasteiger partial charge in [0.05, 0.1) is 17.8 Å². The lowest BCUT2D eigenvalue weighted by molar-refractivity contribution is -0.137. The van der Waals surface area contributed by atoms with Crippen LogP contribution in [-0.4, -0.2) is 51.5 Å². The maximum atomic E-state index is 13.0. The first kappa shape index (κ1) is 20.4. The Labute approximate surface area is 170 Å². The van der Waals surface area contributed by atoms with Gasteiger partial charge < -0.3 is 14.7 Å². The zero-order chi connectivity index (χ0) is 21.4. The molecule has 1 atom stereocenters. The van der Waals surface area contributed by atoms with E-state index < -0.39 is 17.3 Å². The predicted octanol–water partition coefficient (Wildman–Crippen LogP) is 3.42. The molecule has 1 unspecified atom stereocenters. The molecule has 1 fully saturated rings. The molecule has 160 valence electrons. The summed E-state index contributed by atoms with van der Waals surface area (Å²) in [5, 5.41) is 21.5. The summed E-state index contributed by atoms with van der Waals surface area (Å²) in [5.74, 6) is 0.147. The van der Waals surface area contributed by atoms with Gasteiger partial charge in [0.1, 0.15) is 5.75 Å². The topological polar surface area (TPSA) is 87.6 Å². The number of fused-ring (bicyclic) bond motifs is 1. The molecule has 30 heavy (non-hydrogen) atoms. The third-order valence-corrected chi connectivity index (χ3v) is 5.75. The predicted molar refractivity (Wildman–Crippen MR) is 101 cm³/mol. The summed E-state index contributed by atoms with van der Waals surface area (Å²) in [4.78, 5) is 14.0. The monoisotopic (exact) mass is 422 g/mol. The van der Waals surface area contributed by atoms with Crippen molar-refractivity contribution in [1.29, 1.82) is 0 Å². The largest absolute Gasteiger partial charge is 0.493 e. The van der Waals surface area contributed by atoms with E-state index in [0.717, 1.165) is 12.1 Å². The first-order valence-corrected chi connectivity index (χ1v) is 9.66. The summed E-state index contributed by atoms with van der Waals surface area (Å²) >= 11 is 0. The number of hydrogen-bond acceptors (Lipinski definition) is 5. The molecule has 0 spiro atoms. The van der Waals surface area contributed by atoms with Crippen LogP contribution in [0.5, 0.6) is 5.75 Å². The average Bonchev–Trinajstić information content (AvgIpc) is 2.73. The van der Waals surface area contributed by atoms with Crippen molar-refractivity contribution in [1.82, 2.24) is 15.1 Å². The second-order valence-electron chi connectivity index (χ2n) is 7.57. The Morgan fingerprint density at radius 2 is 2.03 bits per heavy atom. The number of nitrogens with one attached hydrogen (secondary N) is 1. The third kappa shape index (κ3) is 4.04. The van der Waals surface area contributed by atoms with Gasteiger partial charge in [0.15, 0.2) is 5.82 Å². The number of anilines is 1. The standard InChI is InChI=1S/C20H21F3N4O3/c21-20(22,23)13-3-4-14-15(5-11-30-16(14)12-13)19(29)6-9-27(10-7-19)18(28)25-17-2-1-8-24-26-17/h1-4,8,12,15,29H,5-7,9-11H2,(H,25,26,28). The van der Waals surface area contributed by atoms with E-state index in [9.17, 15) is 23.1 Å². The number of hydrogen-bond donors (Lipinski definition) is 2. The smallest absolute Gasteiger partial charge is 0.416 e. The molecule has 1 aromatic heterocycles. The summed E-state index contributed by atoms with van der Waals surface area (Å²) in [6, 6.07) is 6.36. The molecule has 10 heteroatoms. The van der Waals surface area contributed by atoms with Crippen LogP contribution in [-0.2, 0) is 6.18 Å². The van der Waals surface area contributed by atoms with E-state index >= 15 is 0 Å². The number of halogens is 3. The maximum absolute atomic E-state index is 13.0. The number of benzene rings is 1. The van der Waals surface area contributed by atoms with E-state index in [1.165, 1.54) is 12.3 Å². The van der Waals surface area contributed by atoms with Gasteiger partial charge in [-0.1, -0.05) is 6.07 Å². The summed E-state index contributed by atoms with van der Waals surface area (Å²) in [6.45, 7) is 0.865. The van der Waals surface area contributed by atoms with E-state index in [-0.39, 0.29) is 24.3 Å². The number of carbonyl (C=O) groups is 1. The highest BCUT2D eigenvalue weighted by Crippen LogP contribution is 2.46. The Balaban J connectivity index is 1.45. The van der Waals surface area contributed by atoms with Gasteiger partial charge in [0.25, 0.3) is 0 Å². The van der Waals surface area contributed by atoms with E-state index in [1.54, 1.807) is 17.0 Å². The van der Waals surface area contributed by atoms with Gasteiger partial charge in [-0.2, -0.15) is 18.3 Å². The molecule has 2 aliphatic rings. The van der Waals surface area contributed by atoms with Crippen LogP contribution < -0.4 is 10.1 Å². The van der Waals surface area contributed by atoms with Crippen LogP contribution in [0, 0.1) is 0 Å². The number of piperidine rings is 1. The number of amides is 2. The van der Waals surface area contributed by atoms with Gasteiger partial charge in [0, 0.05) is 30.8 Å². The van der Waals surface area contributed by atoms with E-state index in [4.69, 9.17) is 4.74 Å². The highest BCUT2D eigenvalue weighted by molar-refractivity contribution is 5.88. The summed E-state index contributed by atoms with van der Waals surface area (Å²) in [7, 11) is 0. The molecule has 4 rings (SSSR count). The molecule has 2 aliphatic heterocycles. The van der Waals surface area contributed by atoms with Crippen molar-refractivity contribution in [2.75, 3.05) is 25.0 Å².